The molecule has 5 nitrogen and oxygen atoms in total. The molecule has 3 rings (SSSR count). The summed E-state index contributed by atoms with van der Waals surface area (Å²) in [4.78, 5) is 9.50. The molecule has 2 aromatic rings. The molecule has 2 heterocycles. The zero-order valence-corrected chi connectivity index (χ0v) is 15.6. The molecule has 1 saturated heterocycles. The van der Waals surface area contributed by atoms with Crippen molar-refractivity contribution in [3.05, 3.63) is 47.3 Å². The van der Waals surface area contributed by atoms with Crippen LogP contribution in [0.4, 0.5) is 5.69 Å². The zero-order chi connectivity index (χ0) is 17.8. The topological polar surface area (TPSA) is 37.8 Å². The maximum atomic E-state index is 5.52. The molecule has 1 fully saturated rings. The number of rotatable bonds is 5. The first-order valence-electron chi connectivity index (χ1n) is 8.72. The maximum absolute atomic E-state index is 5.52. The van der Waals surface area contributed by atoms with E-state index >= 15 is 0 Å². The van der Waals surface area contributed by atoms with Gasteiger partial charge in [-0.1, -0.05) is 6.07 Å². The van der Waals surface area contributed by atoms with Gasteiger partial charge in [0.25, 0.3) is 0 Å². The Kier molecular flexibility index (Phi) is 5.43. The number of piperazine rings is 1. The summed E-state index contributed by atoms with van der Waals surface area (Å²) in [7, 11) is 3.44. The SMILES string of the molecule is COc1cccc(N2CCN(Cc3ncc(C)c(OC)c3C)CC2)c1. The lowest BCUT2D eigenvalue weighted by Gasteiger charge is -2.36. The summed E-state index contributed by atoms with van der Waals surface area (Å²) in [5.74, 6) is 1.87. The number of aromatic nitrogens is 1. The van der Waals surface area contributed by atoms with Crippen molar-refractivity contribution >= 4 is 5.69 Å². The molecule has 0 saturated carbocycles. The lowest BCUT2D eigenvalue weighted by molar-refractivity contribution is 0.246. The number of nitrogens with zero attached hydrogens (tertiary/aromatic N) is 3. The van der Waals surface area contributed by atoms with E-state index in [1.165, 1.54) is 5.69 Å². The predicted octanol–water partition coefficient (Wildman–Crippen LogP) is 3.04. The fourth-order valence-corrected chi connectivity index (χ4v) is 3.41. The normalized spacial score (nSPS) is 15.3. The molecule has 0 radical (unpaired) electrons. The molecule has 1 aliphatic rings. The van der Waals surface area contributed by atoms with Gasteiger partial charge in [-0.25, -0.2) is 0 Å². The minimum Gasteiger partial charge on any atom is -0.497 e. The summed E-state index contributed by atoms with van der Waals surface area (Å²) in [6.45, 7) is 9.07. The number of benzene rings is 1. The summed E-state index contributed by atoms with van der Waals surface area (Å²) < 4.78 is 10.9. The zero-order valence-electron chi connectivity index (χ0n) is 15.6. The van der Waals surface area contributed by atoms with Crippen LogP contribution >= 0.6 is 0 Å². The molecule has 0 N–H and O–H groups in total. The van der Waals surface area contributed by atoms with Gasteiger partial charge in [0.15, 0.2) is 0 Å². The van der Waals surface area contributed by atoms with E-state index in [9.17, 15) is 0 Å². The smallest absolute Gasteiger partial charge is 0.128 e. The third-order valence-corrected chi connectivity index (χ3v) is 4.91. The van der Waals surface area contributed by atoms with Gasteiger partial charge in [0, 0.05) is 61.8 Å². The predicted molar refractivity (Wildman–Crippen MR) is 101 cm³/mol. The van der Waals surface area contributed by atoms with Gasteiger partial charge in [0.1, 0.15) is 11.5 Å². The fraction of sp³-hybridized carbons (Fsp3) is 0.450. The standard InChI is InChI=1S/C20H27N3O2/c1-15-13-21-19(16(2)20(15)25-4)14-22-8-10-23(11-9-22)17-6-5-7-18(12-17)24-3/h5-7,12-13H,8-11,14H2,1-4H3. The van der Waals surface area contributed by atoms with Crippen LogP contribution in [0.3, 0.4) is 0 Å². The molecule has 5 heteroatoms. The first-order chi connectivity index (χ1) is 12.1. The summed E-state index contributed by atoms with van der Waals surface area (Å²) in [5, 5.41) is 0. The Hall–Kier alpha value is -2.27. The Bertz CT molecular complexity index is 725. The van der Waals surface area contributed by atoms with Crippen molar-refractivity contribution in [1.82, 2.24) is 9.88 Å². The molecule has 0 bridgehead atoms. The molecule has 134 valence electrons. The molecule has 1 aromatic carbocycles. The van der Waals surface area contributed by atoms with Crippen LogP contribution in [-0.4, -0.2) is 50.3 Å². The van der Waals surface area contributed by atoms with Crippen LogP contribution < -0.4 is 14.4 Å². The average molecular weight is 341 g/mol. The Morgan fingerprint density at radius 3 is 2.48 bits per heavy atom. The van der Waals surface area contributed by atoms with Crippen LogP contribution in [0.15, 0.2) is 30.5 Å². The fourth-order valence-electron chi connectivity index (χ4n) is 3.41. The molecule has 0 amide bonds. The highest BCUT2D eigenvalue weighted by atomic mass is 16.5. The van der Waals surface area contributed by atoms with E-state index in [-0.39, 0.29) is 0 Å². The van der Waals surface area contributed by atoms with Crippen molar-refractivity contribution in [1.29, 1.82) is 0 Å². The minimum absolute atomic E-state index is 0.869. The summed E-state index contributed by atoms with van der Waals surface area (Å²) in [5.41, 5.74) is 4.58. The molecule has 1 aromatic heterocycles. The van der Waals surface area contributed by atoms with Crippen LogP contribution in [0.5, 0.6) is 11.5 Å². The second-order valence-corrected chi connectivity index (χ2v) is 6.51. The van der Waals surface area contributed by atoms with Gasteiger partial charge in [-0.05, 0) is 26.0 Å². The number of hydrogen-bond acceptors (Lipinski definition) is 5. The van der Waals surface area contributed by atoms with E-state index in [1.807, 2.05) is 25.3 Å². The molecule has 0 spiro atoms. The van der Waals surface area contributed by atoms with Crippen molar-refractivity contribution in [2.24, 2.45) is 0 Å². The average Bonchev–Trinajstić information content (AvgIpc) is 2.65. The van der Waals surface area contributed by atoms with Crippen LogP contribution in [0, 0.1) is 13.8 Å². The summed E-state index contributed by atoms with van der Waals surface area (Å²) in [6.07, 6.45) is 1.91. The summed E-state index contributed by atoms with van der Waals surface area (Å²) in [6, 6.07) is 8.28. The number of ether oxygens (including phenoxy) is 2. The van der Waals surface area contributed by atoms with E-state index in [4.69, 9.17) is 9.47 Å². The highest BCUT2D eigenvalue weighted by molar-refractivity contribution is 5.51. The number of aryl methyl sites for hydroxylation is 1. The highest BCUT2D eigenvalue weighted by Gasteiger charge is 2.19. The number of anilines is 1. The summed E-state index contributed by atoms with van der Waals surface area (Å²) >= 11 is 0. The third-order valence-electron chi connectivity index (χ3n) is 4.91. The first-order valence-corrected chi connectivity index (χ1v) is 8.72. The highest BCUT2D eigenvalue weighted by Crippen LogP contribution is 2.26. The van der Waals surface area contributed by atoms with Crippen LogP contribution in [0.25, 0.3) is 0 Å². The molecule has 0 atom stereocenters. The van der Waals surface area contributed by atoms with Crippen LogP contribution in [0.1, 0.15) is 16.8 Å². The number of methoxy groups -OCH3 is 2. The van der Waals surface area contributed by atoms with E-state index in [2.05, 4.69) is 33.8 Å². The molecular formula is C20H27N3O2. The third kappa shape index (κ3) is 3.87. The number of pyridine rings is 1. The minimum atomic E-state index is 0.869. The molecular weight excluding hydrogens is 314 g/mol. The second-order valence-electron chi connectivity index (χ2n) is 6.51. The van der Waals surface area contributed by atoms with Crippen molar-refractivity contribution in [3.63, 3.8) is 0 Å². The maximum Gasteiger partial charge on any atom is 0.128 e. The van der Waals surface area contributed by atoms with Gasteiger partial charge in [0.05, 0.1) is 19.9 Å². The van der Waals surface area contributed by atoms with Gasteiger partial charge in [-0.15, -0.1) is 0 Å². The molecule has 0 unspecified atom stereocenters. The van der Waals surface area contributed by atoms with Crippen molar-refractivity contribution in [3.8, 4) is 11.5 Å². The van der Waals surface area contributed by atoms with Gasteiger partial charge in [-0.3, -0.25) is 9.88 Å². The van der Waals surface area contributed by atoms with E-state index < -0.39 is 0 Å². The lowest BCUT2D eigenvalue weighted by Crippen LogP contribution is -2.46. The first kappa shape index (κ1) is 17.5. The Morgan fingerprint density at radius 1 is 1.04 bits per heavy atom. The second kappa shape index (κ2) is 7.74. The molecule has 0 aliphatic carbocycles. The van der Waals surface area contributed by atoms with Crippen molar-refractivity contribution < 1.29 is 9.47 Å². The Labute approximate surface area is 150 Å². The Balaban J connectivity index is 1.63. The molecule has 1 aliphatic heterocycles. The monoisotopic (exact) mass is 341 g/mol. The van der Waals surface area contributed by atoms with Crippen LogP contribution in [0.2, 0.25) is 0 Å². The van der Waals surface area contributed by atoms with Gasteiger partial charge >= 0.3 is 0 Å². The van der Waals surface area contributed by atoms with E-state index in [1.54, 1.807) is 14.2 Å². The quantitative estimate of drug-likeness (QED) is 0.836. The lowest BCUT2D eigenvalue weighted by atomic mass is 10.1. The van der Waals surface area contributed by atoms with E-state index in [0.717, 1.165) is 61.0 Å². The van der Waals surface area contributed by atoms with Crippen molar-refractivity contribution in [2.45, 2.75) is 20.4 Å². The largest absolute Gasteiger partial charge is 0.497 e. The molecule has 25 heavy (non-hydrogen) atoms. The van der Waals surface area contributed by atoms with Gasteiger partial charge in [-0.2, -0.15) is 0 Å². The Morgan fingerprint density at radius 2 is 1.80 bits per heavy atom. The number of hydrogen-bond donors (Lipinski definition) is 0. The van der Waals surface area contributed by atoms with E-state index in [0.29, 0.717) is 0 Å². The van der Waals surface area contributed by atoms with Gasteiger partial charge in [0.2, 0.25) is 0 Å². The van der Waals surface area contributed by atoms with Gasteiger partial charge < -0.3 is 14.4 Å². The van der Waals surface area contributed by atoms with Crippen molar-refractivity contribution in [2.75, 3.05) is 45.3 Å². The van der Waals surface area contributed by atoms with Crippen LogP contribution in [-0.2, 0) is 6.54 Å².